The quantitative estimate of drug-likeness (QED) is 0.763. The van der Waals surface area contributed by atoms with E-state index in [1.165, 1.54) is 38.5 Å². The van der Waals surface area contributed by atoms with Crippen molar-refractivity contribution in [2.24, 2.45) is 11.3 Å². The van der Waals surface area contributed by atoms with E-state index in [1.807, 2.05) is 11.2 Å². The van der Waals surface area contributed by atoms with Gasteiger partial charge in [-0.25, -0.2) is 0 Å². The van der Waals surface area contributed by atoms with Gasteiger partial charge in [-0.3, -0.25) is 9.59 Å². The number of piperidine rings is 1. The zero-order chi connectivity index (χ0) is 17.0. The van der Waals surface area contributed by atoms with Gasteiger partial charge < -0.3 is 9.80 Å². The Hall–Kier alpha value is -0.710. The average molecular weight is 353 g/mol. The van der Waals surface area contributed by atoms with Crippen molar-refractivity contribution in [1.29, 1.82) is 0 Å². The summed E-state index contributed by atoms with van der Waals surface area (Å²) in [5.41, 5.74) is -0.265. The molecule has 1 saturated carbocycles. The molecule has 2 aliphatic heterocycles. The molecule has 0 radical (unpaired) electrons. The number of thioether (sulfide) groups is 1. The Kier molecular flexibility index (Phi) is 6.12. The van der Waals surface area contributed by atoms with E-state index < -0.39 is 0 Å². The Morgan fingerprint density at radius 3 is 2.71 bits per heavy atom. The third kappa shape index (κ3) is 3.92. The van der Waals surface area contributed by atoms with Crippen molar-refractivity contribution in [2.75, 3.05) is 38.2 Å². The van der Waals surface area contributed by atoms with Gasteiger partial charge in [0.15, 0.2) is 0 Å². The van der Waals surface area contributed by atoms with Crippen LogP contribution in [0.2, 0.25) is 0 Å². The molecule has 0 aromatic rings. The second-order valence-electron chi connectivity index (χ2n) is 7.97. The molecular formula is C19H32N2O2S. The third-order valence-electron chi connectivity index (χ3n) is 6.33. The molecule has 0 unspecified atom stereocenters. The van der Waals surface area contributed by atoms with Crippen LogP contribution in [0.5, 0.6) is 0 Å². The molecule has 3 fully saturated rings. The fourth-order valence-corrected chi connectivity index (χ4v) is 5.29. The first-order valence-corrected chi connectivity index (χ1v) is 11.1. The number of likely N-dealkylation sites (tertiary alicyclic amines) is 2. The Labute approximate surface area is 150 Å². The van der Waals surface area contributed by atoms with Gasteiger partial charge >= 0.3 is 0 Å². The summed E-state index contributed by atoms with van der Waals surface area (Å²) in [4.78, 5) is 29.4. The zero-order valence-electron chi connectivity index (χ0n) is 15.1. The molecule has 136 valence electrons. The van der Waals surface area contributed by atoms with E-state index in [0.29, 0.717) is 18.2 Å². The number of carbonyl (C=O) groups is 2. The standard InChI is InChI=1S/C19H32N2O2S/c1-24-14-17(22)21-13-10-19(15-21)9-5-11-20(18(19)23)12-8-16-6-3-2-4-7-16/h16H,2-15H2,1H3/t19-/m1/s1. The summed E-state index contributed by atoms with van der Waals surface area (Å²) in [6.07, 6.45) is 12.9. The third-order valence-corrected chi connectivity index (χ3v) is 6.87. The van der Waals surface area contributed by atoms with Crippen LogP contribution in [0.15, 0.2) is 0 Å². The van der Waals surface area contributed by atoms with Crippen LogP contribution in [0.4, 0.5) is 0 Å². The van der Waals surface area contributed by atoms with Crippen LogP contribution < -0.4 is 0 Å². The topological polar surface area (TPSA) is 40.6 Å². The molecule has 0 bridgehead atoms. The Morgan fingerprint density at radius 1 is 1.17 bits per heavy atom. The van der Waals surface area contributed by atoms with Gasteiger partial charge in [0.1, 0.15) is 0 Å². The smallest absolute Gasteiger partial charge is 0.232 e. The molecule has 5 heteroatoms. The van der Waals surface area contributed by atoms with Gasteiger partial charge in [-0.05, 0) is 37.9 Å². The summed E-state index contributed by atoms with van der Waals surface area (Å²) < 4.78 is 0. The molecule has 2 heterocycles. The highest BCUT2D eigenvalue weighted by Crippen LogP contribution is 2.40. The van der Waals surface area contributed by atoms with Crippen LogP contribution >= 0.6 is 11.8 Å². The van der Waals surface area contributed by atoms with Crippen molar-refractivity contribution in [3.05, 3.63) is 0 Å². The second-order valence-corrected chi connectivity index (χ2v) is 8.83. The number of nitrogens with zero attached hydrogens (tertiary/aromatic N) is 2. The van der Waals surface area contributed by atoms with Gasteiger partial charge in [0, 0.05) is 26.2 Å². The summed E-state index contributed by atoms with van der Waals surface area (Å²) in [6, 6.07) is 0. The van der Waals surface area contributed by atoms with E-state index >= 15 is 0 Å². The molecule has 0 aromatic heterocycles. The normalized spacial score (nSPS) is 28.8. The van der Waals surface area contributed by atoms with E-state index in [1.54, 1.807) is 11.8 Å². The number of rotatable bonds is 5. The first-order chi connectivity index (χ1) is 11.6. The molecule has 1 aliphatic carbocycles. The minimum Gasteiger partial charge on any atom is -0.342 e. The van der Waals surface area contributed by atoms with Gasteiger partial charge in [0.2, 0.25) is 11.8 Å². The number of carbonyl (C=O) groups excluding carboxylic acids is 2. The lowest BCUT2D eigenvalue weighted by molar-refractivity contribution is -0.146. The highest BCUT2D eigenvalue weighted by molar-refractivity contribution is 7.99. The van der Waals surface area contributed by atoms with Crippen LogP contribution in [0, 0.1) is 11.3 Å². The van der Waals surface area contributed by atoms with Gasteiger partial charge in [-0.2, -0.15) is 11.8 Å². The van der Waals surface area contributed by atoms with Gasteiger partial charge in [-0.1, -0.05) is 32.1 Å². The fraction of sp³-hybridized carbons (Fsp3) is 0.895. The predicted molar refractivity (Wildman–Crippen MR) is 99.0 cm³/mol. The maximum absolute atomic E-state index is 13.1. The average Bonchev–Trinajstić information content (AvgIpc) is 3.03. The van der Waals surface area contributed by atoms with E-state index in [4.69, 9.17) is 0 Å². The van der Waals surface area contributed by atoms with Crippen molar-refractivity contribution in [3.63, 3.8) is 0 Å². The minimum atomic E-state index is -0.265. The van der Waals surface area contributed by atoms with Crippen molar-refractivity contribution in [1.82, 2.24) is 9.80 Å². The molecule has 2 amide bonds. The Bertz CT molecular complexity index is 464. The highest BCUT2D eigenvalue weighted by atomic mass is 32.2. The second kappa shape index (κ2) is 8.11. The molecule has 0 N–H and O–H groups in total. The lowest BCUT2D eigenvalue weighted by atomic mass is 9.78. The number of hydrogen-bond donors (Lipinski definition) is 0. The van der Waals surface area contributed by atoms with Crippen molar-refractivity contribution < 1.29 is 9.59 Å². The van der Waals surface area contributed by atoms with Crippen LogP contribution in [0.25, 0.3) is 0 Å². The molecule has 2 saturated heterocycles. The van der Waals surface area contributed by atoms with Gasteiger partial charge in [0.25, 0.3) is 0 Å². The number of hydrogen-bond acceptors (Lipinski definition) is 3. The summed E-state index contributed by atoms with van der Waals surface area (Å²) >= 11 is 1.57. The first kappa shape index (κ1) is 18.1. The maximum Gasteiger partial charge on any atom is 0.232 e. The van der Waals surface area contributed by atoms with E-state index in [9.17, 15) is 9.59 Å². The molecule has 3 aliphatic rings. The SMILES string of the molecule is CSCC(=O)N1CC[C@]2(CCCN(CCC3CCCCC3)C2=O)C1. The van der Waals surface area contributed by atoms with E-state index in [0.717, 1.165) is 44.8 Å². The molecular weight excluding hydrogens is 320 g/mol. The summed E-state index contributed by atoms with van der Waals surface area (Å²) in [5.74, 6) is 1.90. The van der Waals surface area contributed by atoms with Gasteiger partial charge in [0.05, 0.1) is 11.2 Å². The van der Waals surface area contributed by atoms with Crippen LogP contribution in [-0.2, 0) is 9.59 Å². The van der Waals surface area contributed by atoms with E-state index in [-0.39, 0.29) is 11.3 Å². The minimum absolute atomic E-state index is 0.200. The van der Waals surface area contributed by atoms with Crippen LogP contribution in [0.3, 0.4) is 0 Å². The highest BCUT2D eigenvalue weighted by Gasteiger charge is 2.49. The summed E-state index contributed by atoms with van der Waals surface area (Å²) in [6.45, 7) is 3.28. The largest absolute Gasteiger partial charge is 0.342 e. The predicted octanol–water partition coefficient (Wildman–Crippen LogP) is 3.16. The molecule has 0 aromatic carbocycles. The zero-order valence-corrected chi connectivity index (χ0v) is 15.9. The summed E-state index contributed by atoms with van der Waals surface area (Å²) in [5, 5.41) is 0. The molecule has 3 rings (SSSR count). The number of amides is 2. The van der Waals surface area contributed by atoms with Crippen molar-refractivity contribution in [3.8, 4) is 0 Å². The molecule has 1 atom stereocenters. The van der Waals surface area contributed by atoms with Crippen molar-refractivity contribution in [2.45, 2.75) is 57.8 Å². The van der Waals surface area contributed by atoms with Gasteiger partial charge in [-0.15, -0.1) is 0 Å². The first-order valence-electron chi connectivity index (χ1n) is 9.71. The molecule has 24 heavy (non-hydrogen) atoms. The van der Waals surface area contributed by atoms with Crippen LogP contribution in [-0.4, -0.2) is 59.8 Å². The maximum atomic E-state index is 13.1. The lowest BCUT2D eigenvalue weighted by Crippen LogP contribution is -2.50. The fourth-order valence-electron chi connectivity index (χ4n) is 4.86. The summed E-state index contributed by atoms with van der Waals surface area (Å²) in [7, 11) is 0. The monoisotopic (exact) mass is 352 g/mol. The molecule has 1 spiro atoms. The Morgan fingerprint density at radius 2 is 1.96 bits per heavy atom. The Balaban J connectivity index is 1.55. The van der Waals surface area contributed by atoms with Crippen LogP contribution in [0.1, 0.15) is 57.8 Å². The van der Waals surface area contributed by atoms with Crippen molar-refractivity contribution >= 4 is 23.6 Å². The molecule has 4 nitrogen and oxygen atoms in total. The lowest BCUT2D eigenvalue weighted by Gasteiger charge is -2.40. The van der Waals surface area contributed by atoms with E-state index in [2.05, 4.69) is 4.90 Å².